The van der Waals surface area contributed by atoms with Crippen LogP contribution in [0.3, 0.4) is 0 Å². The van der Waals surface area contributed by atoms with Gasteiger partial charge in [-0.2, -0.15) is 0 Å². The van der Waals surface area contributed by atoms with Crippen LogP contribution in [0.15, 0.2) is 54.6 Å². The van der Waals surface area contributed by atoms with E-state index >= 15 is 0 Å². The molecule has 0 aromatic heterocycles. The molecule has 1 saturated heterocycles. The Morgan fingerprint density at radius 3 is 1.81 bits per heavy atom. The maximum atomic E-state index is 12.4. The molecule has 2 aromatic carbocycles. The molecule has 2 heterocycles. The van der Waals surface area contributed by atoms with Crippen LogP contribution in [0.5, 0.6) is 0 Å². The number of benzene rings is 2. The molecule has 0 atom stereocenters. The van der Waals surface area contributed by atoms with Crippen molar-refractivity contribution in [2.45, 2.75) is 6.54 Å². The summed E-state index contributed by atoms with van der Waals surface area (Å²) < 4.78 is 0. The third kappa shape index (κ3) is 3.41. The summed E-state index contributed by atoms with van der Waals surface area (Å²) in [6.45, 7) is 6.14. The molecule has 0 saturated carbocycles. The lowest BCUT2D eigenvalue weighted by molar-refractivity contribution is 0.0612. The third-order valence-corrected chi connectivity index (χ3v) is 5.23. The quantitative estimate of drug-likeness (QED) is 0.776. The van der Waals surface area contributed by atoms with Gasteiger partial charge in [0.05, 0.1) is 11.1 Å². The van der Waals surface area contributed by atoms with Gasteiger partial charge in [0.2, 0.25) is 0 Å². The number of imide groups is 1. The first-order valence-electron chi connectivity index (χ1n) is 9.16. The monoisotopic (exact) mass is 349 g/mol. The second-order valence-electron chi connectivity index (χ2n) is 6.91. The summed E-state index contributed by atoms with van der Waals surface area (Å²) in [5.41, 5.74) is 2.40. The Morgan fingerprint density at radius 1 is 0.654 bits per heavy atom. The van der Waals surface area contributed by atoms with Gasteiger partial charge in [0, 0.05) is 45.8 Å². The van der Waals surface area contributed by atoms with Gasteiger partial charge in [0.15, 0.2) is 0 Å². The molecule has 5 nitrogen and oxygen atoms in total. The summed E-state index contributed by atoms with van der Waals surface area (Å²) in [4.78, 5) is 31.0. The fourth-order valence-corrected chi connectivity index (χ4v) is 3.70. The third-order valence-electron chi connectivity index (χ3n) is 5.23. The molecule has 2 amide bonds. The van der Waals surface area contributed by atoms with Gasteiger partial charge in [-0.1, -0.05) is 42.5 Å². The Morgan fingerprint density at radius 2 is 1.19 bits per heavy atom. The second kappa shape index (κ2) is 7.40. The van der Waals surface area contributed by atoms with Gasteiger partial charge in [-0.15, -0.1) is 0 Å². The van der Waals surface area contributed by atoms with Crippen molar-refractivity contribution in [1.82, 2.24) is 14.7 Å². The van der Waals surface area contributed by atoms with Crippen LogP contribution in [0, 0.1) is 0 Å². The molecule has 26 heavy (non-hydrogen) atoms. The number of hydrogen-bond acceptors (Lipinski definition) is 4. The maximum Gasteiger partial charge on any atom is 0.261 e. The minimum absolute atomic E-state index is 0.159. The molecular weight excluding hydrogens is 326 g/mol. The molecule has 134 valence electrons. The SMILES string of the molecule is O=C1c2ccccc2C(=O)N1CCN1CCN(Cc2ccccc2)CC1. The van der Waals surface area contributed by atoms with Crippen molar-refractivity contribution in [2.24, 2.45) is 0 Å². The van der Waals surface area contributed by atoms with E-state index in [0.717, 1.165) is 39.3 Å². The van der Waals surface area contributed by atoms with Crippen LogP contribution in [0.25, 0.3) is 0 Å². The Balaban J connectivity index is 1.27. The average molecular weight is 349 g/mol. The predicted molar refractivity (Wildman–Crippen MR) is 100.0 cm³/mol. The Labute approximate surface area is 153 Å². The normalized spacial score (nSPS) is 18.4. The van der Waals surface area contributed by atoms with Crippen LogP contribution in [0.4, 0.5) is 0 Å². The molecule has 0 unspecified atom stereocenters. The minimum atomic E-state index is -0.159. The van der Waals surface area contributed by atoms with Crippen LogP contribution in [0.2, 0.25) is 0 Å². The highest BCUT2D eigenvalue weighted by Crippen LogP contribution is 2.22. The van der Waals surface area contributed by atoms with Gasteiger partial charge in [-0.3, -0.25) is 24.3 Å². The molecule has 5 heteroatoms. The highest BCUT2D eigenvalue weighted by atomic mass is 16.2. The van der Waals surface area contributed by atoms with Crippen LogP contribution in [0.1, 0.15) is 26.3 Å². The predicted octanol–water partition coefficient (Wildman–Crippen LogP) is 2.10. The molecular formula is C21H23N3O2. The van der Waals surface area contributed by atoms with E-state index in [4.69, 9.17) is 0 Å². The Bertz CT molecular complexity index is 763. The van der Waals surface area contributed by atoms with Crippen molar-refractivity contribution in [3.05, 3.63) is 71.3 Å². The highest BCUT2D eigenvalue weighted by molar-refractivity contribution is 6.21. The second-order valence-corrected chi connectivity index (χ2v) is 6.91. The fourth-order valence-electron chi connectivity index (χ4n) is 3.70. The zero-order valence-corrected chi connectivity index (χ0v) is 14.8. The van der Waals surface area contributed by atoms with E-state index in [2.05, 4.69) is 34.1 Å². The Kier molecular flexibility index (Phi) is 4.82. The molecule has 0 radical (unpaired) electrons. The van der Waals surface area contributed by atoms with Crippen molar-refractivity contribution in [2.75, 3.05) is 39.3 Å². The van der Waals surface area contributed by atoms with Gasteiger partial charge in [-0.05, 0) is 17.7 Å². The molecule has 4 rings (SSSR count). The number of fused-ring (bicyclic) bond motifs is 1. The number of hydrogen-bond donors (Lipinski definition) is 0. The summed E-state index contributed by atoms with van der Waals surface area (Å²) in [5, 5.41) is 0. The molecule has 2 aliphatic heterocycles. The van der Waals surface area contributed by atoms with Crippen molar-refractivity contribution >= 4 is 11.8 Å². The lowest BCUT2D eigenvalue weighted by Crippen LogP contribution is -2.48. The van der Waals surface area contributed by atoms with E-state index in [1.165, 1.54) is 10.5 Å². The number of carbonyl (C=O) groups excluding carboxylic acids is 2. The highest BCUT2D eigenvalue weighted by Gasteiger charge is 2.35. The van der Waals surface area contributed by atoms with Crippen LogP contribution in [-0.2, 0) is 6.54 Å². The van der Waals surface area contributed by atoms with Crippen molar-refractivity contribution in [1.29, 1.82) is 0 Å². The number of piperazine rings is 1. The van der Waals surface area contributed by atoms with E-state index < -0.39 is 0 Å². The average Bonchev–Trinajstić information content (AvgIpc) is 2.93. The summed E-state index contributed by atoms with van der Waals surface area (Å²) >= 11 is 0. The number of amides is 2. The van der Waals surface area contributed by atoms with E-state index in [0.29, 0.717) is 17.7 Å². The lowest BCUT2D eigenvalue weighted by atomic mass is 10.1. The minimum Gasteiger partial charge on any atom is -0.299 e. The van der Waals surface area contributed by atoms with Crippen LogP contribution < -0.4 is 0 Å². The topological polar surface area (TPSA) is 43.9 Å². The van der Waals surface area contributed by atoms with Gasteiger partial charge in [-0.25, -0.2) is 0 Å². The van der Waals surface area contributed by atoms with Gasteiger partial charge in [0.25, 0.3) is 11.8 Å². The van der Waals surface area contributed by atoms with E-state index in [1.54, 1.807) is 24.3 Å². The molecule has 1 fully saturated rings. The van der Waals surface area contributed by atoms with Crippen molar-refractivity contribution in [3.8, 4) is 0 Å². The summed E-state index contributed by atoms with van der Waals surface area (Å²) in [6.07, 6.45) is 0. The molecule has 0 aliphatic carbocycles. The molecule has 0 N–H and O–H groups in total. The van der Waals surface area contributed by atoms with Crippen LogP contribution >= 0.6 is 0 Å². The standard InChI is InChI=1S/C21H23N3O2/c25-20-18-8-4-5-9-19(18)21(26)24(20)15-14-22-10-12-23(13-11-22)16-17-6-2-1-3-7-17/h1-9H,10-16H2. The van der Waals surface area contributed by atoms with Gasteiger partial charge < -0.3 is 0 Å². The summed E-state index contributed by atoms with van der Waals surface area (Å²) in [7, 11) is 0. The molecule has 2 aliphatic rings. The maximum absolute atomic E-state index is 12.4. The lowest BCUT2D eigenvalue weighted by Gasteiger charge is -2.35. The summed E-state index contributed by atoms with van der Waals surface area (Å²) in [5.74, 6) is -0.318. The number of carbonyl (C=O) groups is 2. The Hall–Kier alpha value is -2.50. The number of nitrogens with zero attached hydrogens (tertiary/aromatic N) is 3. The van der Waals surface area contributed by atoms with E-state index in [1.807, 2.05) is 6.07 Å². The zero-order chi connectivity index (χ0) is 17.9. The molecule has 2 aromatic rings. The van der Waals surface area contributed by atoms with Crippen molar-refractivity contribution in [3.63, 3.8) is 0 Å². The smallest absolute Gasteiger partial charge is 0.261 e. The number of rotatable bonds is 5. The largest absolute Gasteiger partial charge is 0.299 e. The van der Waals surface area contributed by atoms with E-state index in [-0.39, 0.29) is 11.8 Å². The van der Waals surface area contributed by atoms with Gasteiger partial charge >= 0.3 is 0 Å². The first-order chi connectivity index (χ1) is 12.7. The first-order valence-corrected chi connectivity index (χ1v) is 9.16. The molecule has 0 bridgehead atoms. The zero-order valence-electron chi connectivity index (χ0n) is 14.8. The van der Waals surface area contributed by atoms with Gasteiger partial charge in [0.1, 0.15) is 0 Å². The molecule has 0 spiro atoms. The van der Waals surface area contributed by atoms with Crippen LogP contribution in [-0.4, -0.2) is 65.8 Å². The summed E-state index contributed by atoms with van der Waals surface area (Å²) in [6, 6.07) is 17.6. The van der Waals surface area contributed by atoms with Crippen molar-refractivity contribution < 1.29 is 9.59 Å². The fraction of sp³-hybridized carbons (Fsp3) is 0.333. The first kappa shape index (κ1) is 16.9. The van der Waals surface area contributed by atoms with E-state index in [9.17, 15) is 9.59 Å².